The van der Waals surface area contributed by atoms with Gasteiger partial charge in [-0.05, 0) is 76.0 Å². The van der Waals surface area contributed by atoms with Crippen LogP contribution >= 0.6 is 0 Å². The molecule has 8 atom stereocenters. The lowest BCUT2D eigenvalue weighted by atomic mass is 9.67. The maximum absolute atomic E-state index is 11.4. The summed E-state index contributed by atoms with van der Waals surface area (Å²) < 4.78 is 29.9. The van der Waals surface area contributed by atoms with Crippen LogP contribution in [0.3, 0.4) is 0 Å². The molecule has 0 aromatic carbocycles. The quantitative estimate of drug-likeness (QED) is 0.172. The van der Waals surface area contributed by atoms with E-state index in [1.54, 1.807) is 37.9 Å². The first kappa shape index (κ1) is 84.7. The third-order valence-corrected chi connectivity index (χ3v) is 19.6. The molecule has 9 aliphatic rings. The van der Waals surface area contributed by atoms with Crippen LogP contribution in [-0.4, -0.2) is 184 Å². The second kappa shape index (κ2) is 33.5. The summed E-state index contributed by atoms with van der Waals surface area (Å²) in [5, 5.41) is 25.0. The molecule has 0 aromatic heterocycles. The highest BCUT2D eigenvalue weighted by Crippen LogP contribution is 2.44. The van der Waals surface area contributed by atoms with E-state index >= 15 is 0 Å². The first-order valence-corrected chi connectivity index (χ1v) is 32.4. The Morgan fingerprint density at radius 1 is 0.560 bits per heavy atom. The molecule has 0 spiro atoms. The number of rotatable bonds is 3. The summed E-state index contributed by atoms with van der Waals surface area (Å²) in [5.74, 6) is 2.59. The summed E-state index contributed by atoms with van der Waals surface area (Å²) in [4.78, 5) is 114. The van der Waals surface area contributed by atoms with Gasteiger partial charge in [0.05, 0.1) is 23.7 Å². The zero-order valence-corrected chi connectivity index (χ0v) is 60.9. The Hall–Kier alpha value is -6.32. The number of ether oxygens (including phenoxy) is 1. The fourth-order valence-corrected chi connectivity index (χ4v) is 10.7. The van der Waals surface area contributed by atoms with Crippen LogP contribution in [0.25, 0.3) is 0 Å². The van der Waals surface area contributed by atoms with Crippen LogP contribution in [0.4, 0.5) is 14.4 Å². The summed E-state index contributed by atoms with van der Waals surface area (Å²) in [6, 6.07) is 0.101. The number of nitrogens with two attached hydrogens (primary N) is 1. The van der Waals surface area contributed by atoms with Crippen LogP contribution in [0.5, 0.6) is 0 Å². The smallest absolute Gasteiger partial charge is 0.425 e. The molecule has 9 rings (SSSR count). The van der Waals surface area contributed by atoms with Gasteiger partial charge < -0.3 is 73.0 Å². The molecule has 9 fully saturated rings. The fourth-order valence-electron chi connectivity index (χ4n) is 10.7. The van der Waals surface area contributed by atoms with E-state index in [0.717, 1.165) is 58.5 Å². The lowest BCUT2D eigenvalue weighted by molar-refractivity contribution is -0.135. The van der Waals surface area contributed by atoms with E-state index in [1.165, 1.54) is 4.90 Å². The number of carbonyl (C=O) groups is 10. The summed E-state index contributed by atoms with van der Waals surface area (Å²) >= 11 is 0. The minimum atomic E-state index is -3.11. The molecule has 0 radical (unpaired) electrons. The summed E-state index contributed by atoms with van der Waals surface area (Å²) in [6.45, 7) is 54.1. The fraction of sp³-hybridized carbons (Fsp3) is 0.841. The van der Waals surface area contributed by atoms with E-state index in [1.807, 2.05) is 96.9 Å². The zero-order chi connectivity index (χ0) is 71.8. The Bertz CT molecular complexity index is 2650. The number of hydrogen-bond acceptors (Lipinski definition) is 15. The number of hydrogen-bond donors (Lipinski definition) is 10. The standard InChI is InChI=1S/C10H19NO.3C8H15NO.C7H13NO.C6H10N2O3.C6H11NO.C5H11N3O.C5H10N2O.O3S/c1-9(2,3)7-6-11-8(12)10(7,4)5;1-7(2)5-9-6(10)8(7,3)4;1-7(2)5-8(3,4)9-6(7)10;1-4-6-5-9-7(10)8(6,2)3;1-5-4-8-6(9)7(5,2)3;1-4-5(11-3-9)7-6(10)8(4)2;1-6(2)3-4-7-5(6)8;1-3-4(6)7-5(9)8(3)2;1-4-3-6-5(8)7(4)2;1-4(2)3/h7H,6H2,1-5H3,(H,11,12);2*5H2,1-4H3,(H,9,10);6H,4-5H2,1-3H3,(H,9,10);5H,4H2,1-3H3,(H,8,9);3-5H,1-2H3,(H,7,10);3-4H2,1-2H3,(H,7,8);3-4H,6H2,1-2H3,(H,7,9);4H,3H2,1-2H3,(H,6,8);. The summed E-state index contributed by atoms with van der Waals surface area (Å²) in [5.41, 5.74) is 4.87. The molecule has 91 heavy (non-hydrogen) atoms. The molecule has 526 valence electrons. The van der Waals surface area contributed by atoms with Crippen LogP contribution in [0.1, 0.15) is 185 Å². The SMILES string of the molecule is CC(C)(C)C1CNC(=O)C1(C)C.CC1(C)CC(C)(C)C(=O)N1.CC1(C)CCNC1=O.CC1(C)CNC(=O)C1(C)C.CC1C(N)NC(=O)N1C.CC1C(OC=O)NC(=O)N1C.CC1CNC(=O)C1(C)C.CC1CNC(=O)N1C.CCC1CNC(=O)C1(C)C.O=S(=O)=O. The van der Waals surface area contributed by atoms with Gasteiger partial charge in [0.25, 0.3) is 6.47 Å². The van der Waals surface area contributed by atoms with Gasteiger partial charge in [0, 0.05) is 99.1 Å². The van der Waals surface area contributed by atoms with Crippen molar-refractivity contribution in [2.45, 2.75) is 221 Å². The minimum Gasteiger partial charge on any atom is -0.442 e. The lowest BCUT2D eigenvalue weighted by Gasteiger charge is -2.34. The molecule has 8 unspecified atom stereocenters. The topological polar surface area (TPSA) is 375 Å². The van der Waals surface area contributed by atoms with E-state index in [0.29, 0.717) is 30.3 Å². The van der Waals surface area contributed by atoms with E-state index < -0.39 is 16.8 Å². The highest BCUT2D eigenvalue weighted by Gasteiger charge is 2.49. The molecular formula is C63H119N13O14S. The zero-order valence-electron chi connectivity index (χ0n) is 60.1. The second-order valence-electron chi connectivity index (χ2n) is 30.8. The summed E-state index contributed by atoms with van der Waals surface area (Å²) in [7, 11) is 2.06. The van der Waals surface area contributed by atoms with Gasteiger partial charge in [-0.15, -0.1) is 12.6 Å². The Morgan fingerprint density at radius 2 is 1.03 bits per heavy atom. The number of carbonyl (C=O) groups excluding carboxylic acids is 10. The number of amides is 12. The van der Waals surface area contributed by atoms with Gasteiger partial charge >= 0.3 is 28.7 Å². The molecule has 0 aliphatic carbocycles. The van der Waals surface area contributed by atoms with Crippen LogP contribution in [0.2, 0.25) is 0 Å². The third kappa shape index (κ3) is 24.3. The summed E-state index contributed by atoms with van der Waals surface area (Å²) in [6.07, 6.45) is 2.28. The van der Waals surface area contributed by atoms with Crippen molar-refractivity contribution in [1.82, 2.24) is 62.6 Å². The van der Waals surface area contributed by atoms with Gasteiger partial charge in [0.1, 0.15) is 0 Å². The number of nitrogens with one attached hydrogen (secondary N) is 9. The normalized spacial score (nSPS) is 28.6. The van der Waals surface area contributed by atoms with Gasteiger partial charge in [-0.3, -0.25) is 33.6 Å². The maximum atomic E-state index is 11.4. The number of nitrogens with zero attached hydrogens (tertiary/aromatic N) is 3. The van der Waals surface area contributed by atoms with Crippen molar-refractivity contribution in [2.24, 2.45) is 66.8 Å². The molecule has 9 saturated heterocycles. The van der Waals surface area contributed by atoms with E-state index in [-0.39, 0.29) is 121 Å². The molecular weight excluding hydrogens is 1190 g/mol. The van der Waals surface area contributed by atoms with Gasteiger partial charge in [0.15, 0.2) is 6.23 Å². The molecule has 28 heteroatoms. The lowest BCUT2D eigenvalue weighted by Crippen LogP contribution is -2.39. The number of likely N-dealkylation sites (N-methyl/N-ethyl adjacent to an activating group) is 3. The second-order valence-corrected chi connectivity index (χ2v) is 31.2. The number of urea groups is 3. The van der Waals surface area contributed by atoms with E-state index in [2.05, 4.69) is 115 Å². The average Bonchev–Trinajstić information content (AvgIpc) is 1.71. The van der Waals surface area contributed by atoms with Gasteiger partial charge in [-0.25, -0.2) is 14.4 Å². The van der Waals surface area contributed by atoms with Crippen LogP contribution in [-0.2, 0) is 48.9 Å². The van der Waals surface area contributed by atoms with E-state index in [4.69, 9.17) is 18.4 Å². The van der Waals surface area contributed by atoms with E-state index in [9.17, 15) is 47.9 Å². The van der Waals surface area contributed by atoms with Crippen molar-refractivity contribution in [3.8, 4) is 0 Å². The van der Waals surface area contributed by atoms with Crippen molar-refractivity contribution in [3.63, 3.8) is 0 Å². The van der Waals surface area contributed by atoms with Crippen molar-refractivity contribution in [2.75, 3.05) is 60.4 Å². The Kier molecular flexibility index (Phi) is 31.2. The molecule has 27 nitrogen and oxygen atoms in total. The van der Waals surface area contributed by atoms with Crippen molar-refractivity contribution >= 4 is 70.6 Å². The Balaban J connectivity index is 0.000000996. The molecule has 0 aromatic rings. The first-order valence-electron chi connectivity index (χ1n) is 31.4. The van der Waals surface area contributed by atoms with Gasteiger partial charge in [-0.2, -0.15) is 0 Å². The monoisotopic (exact) mass is 1310 g/mol. The Morgan fingerprint density at radius 3 is 1.19 bits per heavy atom. The largest absolute Gasteiger partial charge is 0.442 e. The minimum absolute atomic E-state index is 0.000579. The third-order valence-electron chi connectivity index (χ3n) is 19.6. The van der Waals surface area contributed by atoms with Crippen LogP contribution in [0, 0.1) is 61.1 Å². The maximum Gasteiger partial charge on any atom is 0.425 e. The van der Waals surface area contributed by atoms with Crippen molar-refractivity contribution < 1.29 is 65.3 Å². The molecule has 0 bridgehead atoms. The van der Waals surface area contributed by atoms with Crippen molar-refractivity contribution in [1.29, 1.82) is 0 Å². The predicted molar refractivity (Wildman–Crippen MR) is 350 cm³/mol. The van der Waals surface area contributed by atoms with Gasteiger partial charge in [0.2, 0.25) is 35.4 Å². The Labute approximate surface area is 545 Å². The van der Waals surface area contributed by atoms with Crippen molar-refractivity contribution in [3.05, 3.63) is 0 Å². The molecule has 9 heterocycles. The molecule has 9 aliphatic heterocycles. The average molecular weight is 1310 g/mol. The molecule has 12 amide bonds. The molecule has 11 N–H and O–H groups in total. The van der Waals surface area contributed by atoms with Crippen LogP contribution < -0.4 is 53.6 Å². The highest BCUT2D eigenvalue weighted by atomic mass is 32.2. The molecule has 0 saturated carbocycles. The van der Waals surface area contributed by atoms with Crippen LogP contribution in [0.15, 0.2) is 0 Å². The van der Waals surface area contributed by atoms with Gasteiger partial charge in [-0.1, -0.05) is 138 Å². The first-order chi connectivity index (χ1) is 41.0. The highest BCUT2D eigenvalue weighted by molar-refractivity contribution is 7.59. The predicted octanol–water partition coefficient (Wildman–Crippen LogP) is 4.63.